The molecular weight excluding hydrogens is 423 g/mol. The molecular formula is C21H26ClFN6O2. The van der Waals surface area contributed by atoms with Crippen LogP contribution in [0.3, 0.4) is 0 Å². The number of anilines is 1. The van der Waals surface area contributed by atoms with E-state index in [1.165, 1.54) is 6.07 Å². The molecule has 2 amide bonds. The van der Waals surface area contributed by atoms with Gasteiger partial charge in [-0.05, 0) is 36.6 Å². The summed E-state index contributed by atoms with van der Waals surface area (Å²) in [6.45, 7) is 4.03. The summed E-state index contributed by atoms with van der Waals surface area (Å²) in [5.41, 5.74) is 2.62. The van der Waals surface area contributed by atoms with Crippen molar-refractivity contribution in [1.29, 1.82) is 0 Å². The van der Waals surface area contributed by atoms with Crippen molar-refractivity contribution in [2.24, 2.45) is 0 Å². The maximum absolute atomic E-state index is 13.9. The zero-order chi connectivity index (χ0) is 22.0. The van der Waals surface area contributed by atoms with Crippen LogP contribution in [0.5, 0.6) is 0 Å². The first kappa shape index (κ1) is 21.7. The number of rotatable bonds is 5. The zero-order valence-corrected chi connectivity index (χ0v) is 18.0. The Morgan fingerprint density at radius 2 is 2.29 bits per heavy atom. The largest absolute Gasteiger partial charge is 0.394 e. The van der Waals surface area contributed by atoms with Crippen molar-refractivity contribution >= 4 is 23.6 Å². The van der Waals surface area contributed by atoms with Gasteiger partial charge < -0.3 is 26.0 Å². The summed E-state index contributed by atoms with van der Waals surface area (Å²) < 4.78 is 13.9. The number of nitrogens with zero attached hydrogens (tertiary/aromatic N) is 3. The maximum Gasteiger partial charge on any atom is 0.318 e. The molecule has 4 rings (SSSR count). The Balaban J connectivity index is 1.42. The number of amides is 2. The number of aliphatic hydroxyl groups is 1. The first-order chi connectivity index (χ1) is 14.9. The molecule has 2 aliphatic heterocycles. The van der Waals surface area contributed by atoms with Crippen molar-refractivity contribution in [3.8, 4) is 0 Å². The number of halogens is 2. The van der Waals surface area contributed by atoms with Gasteiger partial charge in [0.15, 0.2) is 0 Å². The highest BCUT2D eigenvalue weighted by Crippen LogP contribution is 2.27. The molecule has 4 N–H and O–H groups in total. The van der Waals surface area contributed by atoms with Gasteiger partial charge >= 0.3 is 6.03 Å². The standard InChI is InChI=1S/C21H26ClFN6O2/c1-12(11-30)26-20-25-7-14-4-5-29(10-19(14)27-20)21(31)28-18-9-24-8-15(18)13-2-3-16(22)17(23)6-13/h2-3,6-7,12,15,18,24,30H,4-5,8-11H2,1H3,(H,28,31)(H,25,26,27)/t12-,15-,18+/m0/s1. The van der Waals surface area contributed by atoms with Gasteiger partial charge in [-0.25, -0.2) is 19.2 Å². The van der Waals surface area contributed by atoms with Crippen LogP contribution in [0.4, 0.5) is 15.1 Å². The molecule has 0 saturated carbocycles. The number of benzene rings is 1. The second-order valence-electron chi connectivity index (χ2n) is 8.06. The van der Waals surface area contributed by atoms with Crippen LogP contribution in [0.2, 0.25) is 5.02 Å². The average Bonchev–Trinajstić information content (AvgIpc) is 3.23. The monoisotopic (exact) mass is 448 g/mol. The zero-order valence-electron chi connectivity index (χ0n) is 17.2. The van der Waals surface area contributed by atoms with E-state index in [-0.39, 0.29) is 35.7 Å². The van der Waals surface area contributed by atoms with Crippen molar-refractivity contribution in [2.45, 2.75) is 37.9 Å². The highest BCUT2D eigenvalue weighted by molar-refractivity contribution is 6.30. The van der Waals surface area contributed by atoms with Crippen LogP contribution in [0, 0.1) is 5.82 Å². The molecule has 1 fully saturated rings. The SMILES string of the molecule is C[C@@H](CO)Nc1ncc2c(n1)CN(C(=O)N[C@@H]1CNC[C@H]1c1ccc(Cl)c(F)c1)CC2. The molecule has 2 aromatic rings. The lowest BCUT2D eigenvalue weighted by molar-refractivity contribution is 0.187. The van der Waals surface area contributed by atoms with E-state index in [9.17, 15) is 14.3 Å². The number of hydrogen-bond acceptors (Lipinski definition) is 6. The van der Waals surface area contributed by atoms with Crippen LogP contribution in [0.1, 0.15) is 29.7 Å². The molecule has 166 valence electrons. The molecule has 31 heavy (non-hydrogen) atoms. The number of urea groups is 1. The van der Waals surface area contributed by atoms with Crippen LogP contribution in [-0.4, -0.2) is 64.3 Å². The predicted molar refractivity (Wildman–Crippen MR) is 116 cm³/mol. The minimum atomic E-state index is -0.455. The van der Waals surface area contributed by atoms with Gasteiger partial charge in [-0.15, -0.1) is 0 Å². The summed E-state index contributed by atoms with van der Waals surface area (Å²) in [6, 6.07) is 4.31. The lowest BCUT2D eigenvalue weighted by Crippen LogP contribution is -2.48. The maximum atomic E-state index is 13.9. The number of aliphatic hydroxyl groups excluding tert-OH is 1. The first-order valence-electron chi connectivity index (χ1n) is 10.4. The van der Waals surface area contributed by atoms with Gasteiger partial charge in [-0.3, -0.25) is 0 Å². The summed E-state index contributed by atoms with van der Waals surface area (Å²) >= 11 is 5.80. The smallest absolute Gasteiger partial charge is 0.318 e. The van der Waals surface area contributed by atoms with Crippen molar-refractivity contribution in [2.75, 3.05) is 31.6 Å². The Hall–Kier alpha value is -2.49. The summed E-state index contributed by atoms with van der Waals surface area (Å²) in [7, 11) is 0. The van der Waals surface area contributed by atoms with Crippen molar-refractivity contribution in [3.63, 3.8) is 0 Å². The molecule has 1 aromatic heterocycles. The minimum Gasteiger partial charge on any atom is -0.394 e. The normalized spacial score (nSPS) is 21.5. The number of aromatic nitrogens is 2. The molecule has 0 aliphatic carbocycles. The van der Waals surface area contributed by atoms with E-state index < -0.39 is 5.82 Å². The molecule has 3 heterocycles. The fourth-order valence-electron chi connectivity index (χ4n) is 3.99. The molecule has 0 radical (unpaired) electrons. The van der Waals surface area contributed by atoms with E-state index in [0.717, 1.165) is 16.8 Å². The average molecular weight is 449 g/mol. The summed E-state index contributed by atoms with van der Waals surface area (Å²) in [6.07, 6.45) is 2.45. The fraction of sp³-hybridized carbons (Fsp3) is 0.476. The summed E-state index contributed by atoms with van der Waals surface area (Å²) in [5, 5.41) is 18.7. The third-order valence-electron chi connectivity index (χ3n) is 5.78. The lowest BCUT2D eigenvalue weighted by Gasteiger charge is -2.30. The second kappa shape index (κ2) is 9.33. The molecule has 1 aromatic carbocycles. The molecule has 0 spiro atoms. The van der Waals surface area contributed by atoms with E-state index in [4.69, 9.17) is 11.6 Å². The van der Waals surface area contributed by atoms with Crippen LogP contribution in [0.15, 0.2) is 24.4 Å². The van der Waals surface area contributed by atoms with Gasteiger partial charge in [0.2, 0.25) is 5.95 Å². The quantitative estimate of drug-likeness (QED) is 0.557. The first-order valence-corrected chi connectivity index (χ1v) is 10.8. The topological polar surface area (TPSA) is 102 Å². The summed E-state index contributed by atoms with van der Waals surface area (Å²) in [5.74, 6) is -0.0540. The molecule has 0 unspecified atom stereocenters. The number of fused-ring (bicyclic) bond motifs is 1. The van der Waals surface area contributed by atoms with Crippen molar-refractivity contribution in [1.82, 2.24) is 25.5 Å². The third-order valence-corrected chi connectivity index (χ3v) is 6.08. The molecule has 2 aliphatic rings. The number of carbonyl (C=O) groups is 1. The highest BCUT2D eigenvalue weighted by atomic mass is 35.5. The Morgan fingerprint density at radius 3 is 3.06 bits per heavy atom. The van der Waals surface area contributed by atoms with Crippen LogP contribution < -0.4 is 16.0 Å². The van der Waals surface area contributed by atoms with E-state index in [2.05, 4.69) is 25.9 Å². The third kappa shape index (κ3) is 4.89. The minimum absolute atomic E-state index is 0.0247. The highest BCUT2D eigenvalue weighted by Gasteiger charge is 2.32. The second-order valence-corrected chi connectivity index (χ2v) is 8.47. The Labute approximate surface area is 185 Å². The Bertz CT molecular complexity index is 961. The van der Waals surface area contributed by atoms with Gasteiger partial charge in [-0.2, -0.15) is 0 Å². The fourth-order valence-corrected chi connectivity index (χ4v) is 4.10. The van der Waals surface area contributed by atoms with E-state index >= 15 is 0 Å². The predicted octanol–water partition coefficient (Wildman–Crippen LogP) is 1.89. The molecule has 3 atom stereocenters. The van der Waals surface area contributed by atoms with E-state index in [0.29, 0.717) is 38.5 Å². The summed E-state index contributed by atoms with van der Waals surface area (Å²) in [4.78, 5) is 23.5. The van der Waals surface area contributed by atoms with E-state index in [1.807, 2.05) is 6.92 Å². The van der Waals surface area contributed by atoms with Crippen LogP contribution in [0.25, 0.3) is 0 Å². The number of hydrogen-bond donors (Lipinski definition) is 4. The van der Waals surface area contributed by atoms with Crippen molar-refractivity contribution < 1.29 is 14.3 Å². The van der Waals surface area contributed by atoms with Gasteiger partial charge in [0.25, 0.3) is 0 Å². The molecule has 10 heteroatoms. The van der Waals surface area contributed by atoms with Gasteiger partial charge in [-0.1, -0.05) is 17.7 Å². The number of nitrogens with one attached hydrogen (secondary N) is 3. The molecule has 8 nitrogen and oxygen atoms in total. The number of carbonyl (C=O) groups excluding carboxylic acids is 1. The Morgan fingerprint density at radius 1 is 1.45 bits per heavy atom. The van der Waals surface area contributed by atoms with Gasteiger partial charge in [0.05, 0.1) is 29.9 Å². The molecule has 0 bridgehead atoms. The molecule has 1 saturated heterocycles. The lowest BCUT2D eigenvalue weighted by atomic mass is 9.94. The van der Waals surface area contributed by atoms with Crippen LogP contribution in [-0.2, 0) is 13.0 Å². The Kier molecular flexibility index (Phi) is 6.54. The van der Waals surface area contributed by atoms with Crippen molar-refractivity contribution in [3.05, 3.63) is 52.1 Å². The van der Waals surface area contributed by atoms with Crippen LogP contribution >= 0.6 is 11.6 Å². The van der Waals surface area contributed by atoms with Gasteiger partial charge in [0.1, 0.15) is 5.82 Å². The van der Waals surface area contributed by atoms with Gasteiger partial charge in [0, 0.05) is 37.8 Å². The van der Waals surface area contributed by atoms with E-state index in [1.54, 1.807) is 23.2 Å².